The summed E-state index contributed by atoms with van der Waals surface area (Å²) in [6.45, 7) is 0.200. The van der Waals surface area contributed by atoms with Gasteiger partial charge in [0.15, 0.2) is 17.2 Å². The minimum absolute atomic E-state index is 0.0382. The molecule has 0 radical (unpaired) electrons. The molecule has 1 aromatic heterocycles. The summed E-state index contributed by atoms with van der Waals surface area (Å²) < 4.78 is 10.6. The molecule has 0 unspecified atom stereocenters. The zero-order valence-electron chi connectivity index (χ0n) is 13.3. The van der Waals surface area contributed by atoms with E-state index in [0.717, 1.165) is 4.90 Å². The molecule has 0 aliphatic carbocycles. The van der Waals surface area contributed by atoms with Crippen LogP contribution in [-0.4, -0.2) is 38.6 Å². The van der Waals surface area contributed by atoms with Crippen LogP contribution in [0, 0.1) is 0 Å². The summed E-state index contributed by atoms with van der Waals surface area (Å²) in [7, 11) is 0. The van der Waals surface area contributed by atoms with Gasteiger partial charge in [-0.25, -0.2) is 4.98 Å². The molecular weight excluding hydrogens is 338 g/mol. The minimum Gasteiger partial charge on any atom is -0.505 e. The Morgan fingerprint density at radius 2 is 1.85 bits per heavy atom. The number of imide groups is 1. The van der Waals surface area contributed by atoms with Crippen molar-refractivity contribution in [3.05, 3.63) is 53.3 Å². The molecule has 0 saturated heterocycles. The Morgan fingerprint density at radius 3 is 2.73 bits per heavy atom. The van der Waals surface area contributed by atoms with Crippen LogP contribution in [0.15, 0.2) is 36.7 Å². The van der Waals surface area contributed by atoms with Crippen molar-refractivity contribution < 1.29 is 24.2 Å². The quantitative estimate of drug-likeness (QED) is 0.705. The first kappa shape index (κ1) is 14.6. The van der Waals surface area contributed by atoms with Crippen LogP contribution in [-0.2, 0) is 6.54 Å². The van der Waals surface area contributed by atoms with Crippen LogP contribution in [0.2, 0.25) is 0 Å². The topological polar surface area (TPSA) is 102 Å². The number of rotatable bonds is 2. The van der Waals surface area contributed by atoms with E-state index in [1.54, 1.807) is 18.2 Å². The molecule has 8 nitrogen and oxygen atoms in total. The first-order valence-corrected chi connectivity index (χ1v) is 7.85. The van der Waals surface area contributed by atoms with Gasteiger partial charge in [0.2, 0.25) is 6.79 Å². The fraction of sp³-hybridized carbons (Fsp3) is 0.111. The maximum absolute atomic E-state index is 12.8. The molecular formula is C18H11N3O5. The van der Waals surface area contributed by atoms with Crippen molar-refractivity contribution in [2.45, 2.75) is 6.54 Å². The maximum Gasteiger partial charge on any atom is 0.265 e. The van der Waals surface area contributed by atoms with Gasteiger partial charge < -0.3 is 14.6 Å². The van der Waals surface area contributed by atoms with Crippen molar-refractivity contribution in [2.24, 2.45) is 0 Å². The standard InChI is InChI=1S/C18H11N3O5/c22-16-14-10(6-11-15(16)20-4-3-19-11)17(23)21(18(14)24)7-9-1-2-12-13(5-9)26-8-25-12/h1-6,22H,7-8H2. The van der Waals surface area contributed by atoms with E-state index >= 15 is 0 Å². The third-order valence-corrected chi connectivity index (χ3v) is 4.45. The van der Waals surface area contributed by atoms with Crippen molar-refractivity contribution in [1.82, 2.24) is 14.9 Å². The predicted octanol–water partition coefficient (Wildman–Crippen LogP) is 1.86. The number of aromatic nitrogens is 2. The molecule has 2 amide bonds. The van der Waals surface area contributed by atoms with Gasteiger partial charge >= 0.3 is 0 Å². The molecule has 2 aliphatic heterocycles. The number of fused-ring (bicyclic) bond motifs is 3. The first-order valence-electron chi connectivity index (χ1n) is 7.85. The van der Waals surface area contributed by atoms with E-state index in [1.807, 2.05) is 0 Å². The lowest BCUT2D eigenvalue weighted by atomic mass is 10.1. The van der Waals surface area contributed by atoms with E-state index in [4.69, 9.17) is 9.47 Å². The second-order valence-corrected chi connectivity index (χ2v) is 5.96. The number of ether oxygens (including phenoxy) is 2. The molecule has 26 heavy (non-hydrogen) atoms. The normalized spacial score (nSPS) is 15.0. The molecule has 2 aliphatic rings. The summed E-state index contributed by atoms with van der Waals surface area (Å²) in [6, 6.07) is 6.70. The zero-order valence-corrected chi connectivity index (χ0v) is 13.3. The van der Waals surface area contributed by atoms with Crippen LogP contribution in [0.3, 0.4) is 0 Å². The lowest BCUT2D eigenvalue weighted by molar-refractivity contribution is 0.0641. The van der Waals surface area contributed by atoms with Gasteiger partial charge in [0.05, 0.1) is 23.2 Å². The number of aromatic hydroxyl groups is 1. The predicted molar refractivity (Wildman–Crippen MR) is 88.0 cm³/mol. The van der Waals surface area contributed by atoms with Crippen molar-refractivity contribution >= 4 is 22.8 Å². The Labute approximate surface area is 146 Å². The molecule has 128 valence electrons. The fourth-order valence-electron chi connectivity index (χ4n) is 3.21. The molecule has 0 saturated carbocycles. The van der Waals surface area contributed by atoms with Crippen molar-refractivity contribution in [1.29, 1.82) is 0 Å². The third-order valence-electron chi connectivity index (χ3n) is 4.45. The SMILES string of the molecule is O=C1c2cc3nccnc3c(O)c2C(=O)N1Cc1ccc2c(c1)OCO2. The van der Waals surface area contributed by atoms with E-state index in [2.05, 4.69) is 9.97 Å². The third kappa shape index (κ3) is 1.95. The van der Waals surface area contributed by atoms with Crippen LogP contribution < -0.4 is 9.47 Å². The van der Waals surface area contributed by atoms with Crippen molar-refractivity contribution in [3.63, 3.8) is 0 Å². The van der Waals surface area contributed by atoms with Crippen LogP contribution in [0.4, 0.5) is 0 Å². The number of phenols is 1. The van der Waals surface area contributed by atoms with Gasteiger partial charge in [-0.05, 0) is 23.8 Å². The zero-order chi connectivity index (χ0) is 17.8. The molecule has 1 N–H and O–H groups in total. The lowest BCUT2D eigenvalue weighted by Gasteiger charge is -2.14. The second-order valence-electron chi connectivity index (χ2n) is 5.96. The molecule has 0 fully saturated rings. The second kappa shape index (κ2) is 5.16. The Morgan fingerprint density at radius 1 is 1.04 bits per heavy atom. The van der Waals surface area contributed by atoms with E-state index in [-0.39, 0.29) is 35.7 Å². The lowest BCUT2D eigenvalue weighted by Crippen LogP contribution is -2.29. The van der Waals surface area contributed by atoms with Gasteiger partial charge in [-0.2, -0.15) is 0 Å². The summed E-state index contributed by atoms with van der Waals surface area (Å²) in [6.07, 6.45) is 2.87. The van der Waals surface area contributed by atoms with Crippen LogP contribution in [0.25, 0.3) is 11.0 Å². The maximum atomic E-state index is 12.8. The number of nitrogens with zero attached hydrogens (tertiary/aromatic N) is 3. The fourth-order valence-corrected chi connectivity index (χ4v) is 3.21. The van der Waals surface area contributed by atoms with Crippen molar-refractivity contribution in [3.8, 4) is 17.2 Å². The molecule has 0 bridgehead atoms. The Kier molecular flexibility index (Phi) is 2.90. The molecule has 3 aromatic rings. The van der Waals surface area contributed by atoms with E-state index in [1.165, 1.54) is 18.5 Å². The number of phenolic OH excluding ortho intramolecular Hbond substituents is 1. The van der Waals surface area contributed by atoms with Crippen LogP contribution in [0.5, 0.6) is 17.2 Å². The average molecular weight is 349 g/mol. The highest BCUT2D eigenvalue weighted by atomic mass is 16.7. The monoisotopic (exact) mass is 349 g/mol. The van der Waals surface area contributed by atoms with E-state index in [9.17, 15) is 14.7 Å². The molecule has 8 heteroatoms. The number of amides is 2. The number of hydrogen-bond donors (Lipinski definition) is 1. The molecule has 2 aromatic carbocycles. The van der Waals surface area contributed by atoms with Gasteiger partial charge in [0.1, 0.15) is 5.52 Å². The minimum atomic E-state index is -0.562. The number of hydrogen-bond acceptors (Lipinski definition) is 7. The summed E-state index contributed by atoms with van der Waals surface area (Å²) in [5.74, 6) is -0.173. The molecule has 0 atom stereocenters. The Balaban J connectivity index is 1.55. The summed E-state index contributed by atoms with van der Waals surface area (Å²) in [5, 5.41) is 10.4. The van der Waals surface area contributed by atoms with Crippen LogP contribution >= 0.6 is 0 Å². The molecule has 3 heterocycles. The summed E-state index contributed by atoms with van der Waals surface area (Å²) in [4.78, 5) is 34.7. The Hall–Kier alpha value is -3.68. The smallest absolute Gasteiger partial charge is 0.265 e. The number of carbonyl (C=O) groups excluding carboxylic acids is 2. The van der Waals surface area contributed by atoms with Gasteiger partial charge in [-0.15, -0.1) is 0 Å². The molecule has 5 rings (SSSR count). The van der Waals surface area contributed by atoms with Gasteiger partial charge in [0, 0.05) is 12.4 Å². The van der Waals surface area contributed by atoms with Crippen molar-refractivity contribution in [2.75, 3.05) is 6.79 Å². The van der Waals surface area contributed by atoms with Gasteiger partial charge in [0.25, 0.3) is 11.8 Å². The van der Waals surface area contributed by atoms with E-state index in [0.29, 0.717) is 22.6 Å². The highest BCUT2D eigenvalue weighted by Crippen LogP contribution is 2.37. The average Bonchev–Trinajstić information content (AvgIpc) is 3.20. The van der Waals surface area contributed by atoms with Gasteiger partial charge in [-0.3, -0.25) is 19.5 Å². The Bertz CT molecular complexity index is 1110. The largest absolute Gasteiger partial charge is 0.505 e. The number of benzene rings is 2. The van der Waals surface area contributed by atoms with E-state index < -0.39 is 11.8 Å². The summed E-state index contributed by atoms with van der Waals surface area (Å²) >= 11 is 0. The van der Waals surface area contributed by atoms with Gasteiger partial charge in [-0.1, -0.05) is 6.07 Å². The highest BCUT2D eigenvalue weighted by molar-refractivity contribution is 6.24. The van der Waals surface area contributed by atoms with Crippen LogP contribution in [0.1, 0.15) is 26.3 Å². The first-order chi connectivity index (χ1) is 12.6. The summed E-state index contributed by atoms with van der Waals surface area (Å²) in [5.41, 5.74) is 1.35. The number of carbonyl (C=O) groups is 2. The molecule has 0 spiro atoms. The highest BCUT2D eigenvalue weighted by Gasteiger charge is 2.39.